The lowest BCUT2D eigenvalue weighted by Crippen LogP contribution is -1.53. The molecule has 0 fully saturated rings. The Morgan fingerprint density at radius 3 is 1.45 bits per heavy atom. The Labute approximate surface area is 70.3 Å². The van der Waals surface area contributed by atoms with E-state index in [4.69, 9.17) is 0 Å². The van der Waals surface area contributed by atoms with Crippen LogP contribution in [0.3, 0.4) is 0 Å². The first kappa shape index (κ1) is 16.6. The third kappa shape index (κ3) is 27.2. The fraction of sp³-hybridized carbons (Fsp3) is 0.750. The highest BCUT2D eigenvalue weighted by Crippen LogP contribution is 1.53. The number of aromatic amines is 1. The molecule has 0 aliphatic carbocycles. The zero-order valence-corrected chi connectivity index (χ0v) is 8.55. The van der Waals surface area contributed by atoms with Crippen molar-refractivity contribution in [2.45, 2.75) is 41.5 Å². The normalized spacial score (nSPS) is 5.27. The van der Waals surface area contributed by atoms with Crippen molar-refractivity contribution in [2.75, 3.05) is 0 Å². The number of nitrogens with one attached hydrogen (secondary N) is 1. The molecular formula is C8H21N3. The van der Waals surface area contributed by atoms with Crippen molar-refractivity contribution in [1.82, 2.24) is 15.2 Å². The second-order valence-corrected chi connectivity index (χ2v) is 0.652. The minimum atomic E-state index is 1.44. The molecule has 11 heavy (non-hydrogen) atoms. The molecule has 0 aliphatic rings. The van der Waals surface area contributed by atoms with Gasteiger partial charge < -0.3 is 0 Å². The molecule has 1 aromatic heterocycles. The number of H-pyrrole nitrogens is 1. The Hall–Kier alpha value is -0.860. The van der Waals surface area contributed by atoms with Crippen LogP contribution in [0.4, 0.5) is 0 Å². The fourth-order valence-electron chi connectivity index (χ4n) is 0.167. The summed E-state index contributed by atoms with van der Waals surface area (Å²) < 4.78 is 0. The van der Waals surface area contributed by atoms with Crippen molar-refractivity contribution >= 4 is 0 Å². The molecule has 1 heterocycles. The van der Waals surface area contributed by atoms with Gasteiger partial charge in [-0.25, -0.2) is 4.98 Å². The molecule has 0 unspecified atom stereocenters. The maximum atomic E-state index is 3.56. The van der Waals surface area contributed by atoms with Crippen LogP contribution in [-0.2, 0) is 0 Å². The third-order valence-corrected chi connectivity index (χ3v) is 0.331. The average Bonchev–Trinajstić information content (AvgIpc) is 2.71. The first-order valence-corrected chi connectivity index (χ1v) is 4.29. The van der Waals surface area contributed by atoms with Gasteiger partial charge in [0.25, 0.3) is 0 Å². The third-order valence-electron chi connectivity index (χ3n) is 0.331. The minimum Gasteiger partial charge on any atom is -0.266 e. The van der Waals surface area contributed by atoms with E-state index in [-0.39, 0.29) is 0 Å². The van der Waals surface area contributed by atoms with Crippen LogP contribution in [0.15, 0.2) is 12.7 Å². The van der Waals surface area contributed by atoms with Gasteiger partial charge in [-0.15, -0.1) is 0 Å². The molecule has 1 rings (SSSR count). The molecule has 0 aromatic carbocycles. The highest BCUT2D eigenvalue weighted by molar-refractivity contribution is 4.43. The summed E-state index contributed by atoms with van der Waals surface area (Å²) in [6.45, 7) is 12.0. The predicted molar refractivity (Wildman–Crippen MR) is 50.4 cm³/mol. The molecule has 0 saturated heterocycles. The van der Waals surface area contributed by atoms with E-state index in [0.717, 1.165) is 0 Å². The zero-order chi connectivity index (χ0) is 9.54. The number of nitrogens with zero attached hydrogens (tertiary/aromatic N) is 2. The van der Waals surface area contributed by atoms with E-state index in [9.17, 15) is 0 Å². The van der Waals surface area contributed by atoms with Gasteiger partial charge in [0.2, 0.25) is 0 Å². The molecule has 0 aliphatic heterocycles. The Kier molecular flexibility index (Phi) is 53.4. The lowest BCUT2D eigenvalue weighted by molar-refractivity contribution is 1.09. The maximum absolute atomic E-state index is 3.56. The van der Waals surface area contributed by atoms with Gasteiger partial charge in [-0.3, -0.25) is 5.10 Å². The summed E-state index contributed by atoms with van der Waals surface area (Å²) in [6, 6.07) is 0. The van der Waals surface area contributed by atoms with E-state index in [1.807, 2.05) is 41.5 Å². The van der Waals surface area contributed by atoms with Crippen molar-refractivity contribution in [2.24, 2.45) is 0 Å². The van der Waals surface area contributed by atoms with Gasteiger partial charge in [0.1, 0.15) is 12.7 Å². The molecule has 1 aromatic rings. The van der Waals surface area contributed by atoms with Crippen molar-refractivity contribution in [1.29, 1.82) is 0 Å². The minimum absolute atomic E-state index is 1.44. The Morgan fingerprint density at radius 1 is 0.909 bits per heavy atom. The topological polar surface area (TPSA) is 41.6 Å². The molecular weight excluding hydrogens is 138 g/mol. The van der Waals surface area contributed by atoms with Gasteiger partial charge in [0.15, 0.2) is 0 Å². The molecule has 1 N–H and O–H groups in total. The van der Waals surface area contributed by atoms with Gasteiger partial charge in [0.05, 0.1) is 0 Å². The van der Waals surface area contributed by atoms with Crippen LogP contribution in [0.1, 0.15) is 41.5 Å². The summed E-state index contributed by atoms with van der Waals surface area (Å²) in [5, 5.41) is 5.99. The number of hydrogen-bond donors (Lipinski definition) is 1. The van der Waals surface area contributed by atoms with E-state index >= 15 is 0 Å². The molecule has 0 bridgehead atoms. The summed E-state index contributed by atoms with van der Waals surface area (Å²) in [6.07, 6.45) is 2.96. The molecule has 68 valence electrons. The molecule has 0 amide bonds. The Bertz CT molecular complexity index is 65.8. The van der Waals surface area contributed by atoms with Gasteiger partial charge in [-0.1, -0.05) is 41.5 Å². The zero-order valence-electron chi connectivity index (χ0n) is 8.55. The molecule has 3 nitrogen and oxygen atoms in total. The van der Waals surface area contributed by atoms with E-state index in [0.29, 0.717) is 0 Å². The summed E-state index contributed by atoms with van der Waals surface area (Å²) in [5.74, 6) is 0. The van der Waals surface area contributed by atoms with Crippen molar-refractivity contribution in [3.8, 4) is 0 Å². The monoisotopic (exact) mass is 159 g/mol. The summed E-state index contributed by atoms with van der Waals surface area (Å²) >= 11 is 0. The largest absolute Gasteiger partial charge is 0.266 e. The summed E-state index contributed by atoms with van der Waals surface area (Å²) in [5.41, 5.74) is 0. The SMILES string of the molecule is CC.CC.CC.c1nc[nH]n1. The van der Waals surface area contributed by atoms with Crippen LogP contribution in [0.2, 0.25) is 0 Å². The molecule has 0 spiro atoms. The van der Waals surface area contributed by atoms with Crippen LogP contribution >= 0.6 is 0 Å². The number of aromatic nitrogens is 3. The van der Waals surface area contributed by atoms with Crippen LogP contribution in [-0.4, -0.2) is 15.2 Å². The van der Waals surface area contributed by atoms with E-state index in [1.165, 1.54) is 12.7 Å². The lowest BCUT2D eigenvalue weighted by Gasteiger charge is -1.46. The second kappa shape index (κ2) is 35.3. The van der Waals surface area contributed by atoms with Crippen molar-refractivity contribution in [3.63, 3.8) is 0 Å². The number of rotatable bonds is 0. The molecule has 0 saturated carbocycles. The molecule has 0 radical (unpaired) electrons. The average molecular weight is 159 g/mol. The van der Waals surface area contributed by atoms with Crippen LogP contribution < -0.4 is 0 Å². The van der Waals surface area contributed by atoms with Gasteiger partial charge in [0, 0.05) is 0 Å². The van der Waals surface area contributed by atoms with Gasteiger partial charge >= 0.3 is 0 Å². The standard InChI is InChI=1S/C2H3N3.3C2H6/c1-3-2-5-4-1;3*1-2/h1-2H,(H,3,4,5);3*1-2H3. The van der Waals surface area contributed by atoms with E-state index < -0.39 is 0 Å². The van der Waals surface area contributed by atoms with Crippen molar-refractivity contribution in [3.05, 3.63) is 12.7 Å². The molecule has 3 heteroatoms. The van der Waals surface area contributed by atoms with Crippen LogP contribution in [0.25, 0.3) is 0 Å². The Morgan fingerprint density at radius 2 is 1.36 bits per heavy atom. The highest BCUT2D eigenvalue weighted by atomic mass is 15.2. The fourth-order valence-corrected chi connectivity index (χ4v) is 0.167. The maximum Gasteiger partial charge on any atom is 0.137 e. The van der Waals surface area contributed by atoms with E-state index in [2.05, 4.69) is 15.2 Å². The van der Waals surface area contributed by atoms with E-state index in [1.54, 1.807) is 0 Å². The summed E-state index contributed by atoms with van der Waals surface area (Å²) in [4.78, 5) is 3.56. The second-order valence-electron chi connectivity index (χ2n) is 0.652. The molecule has 0 atom stereocenters. The predicted octanol–water partition coefficient (Wildman–Crippen LogP) is 2.88. The first-order chi connectivity index (χ1) is 5.50. The highest BCUT2D eigenvalue weighted by Gasteiger charge is 1.57. The Balaban J connectivity index is -0.0000000933. The smallest absolute Gasteiger partial charge is 0.137 e. The van der Waals surface area contributed by atoms with Crippen LogP contribution in [0, 0.1) is 0 Å². The van der Waals surface area contributed by atoms with Crippen molar-refractivity contribution < 1.29 is 0 Å². The van der Waals surface area contributed by atoms with Crippen LogP contribution in [0.5, 0.6) is 0 Å². The lowest BCUT2D eigenvalue weighted by atomic mass is 11.0. The first-order valence-electron chi connectivity index (χ1n) is 4.29. The van der Waals surface area contributed by atoms with Gasteiger partial charge in [-0.2, -0.15) is 5.10 Å². The number of hydrogen-bond acceptors (Lipinski definition) is 2. The quantitative estimate of drug-likeness (QED) is 0.632. The summed E-state index contributed by atoms with van der Waals surface area (Å²) in [7, 11) is 0. The van der Waals surface area contributed by atoms with Gasteiger partial charge in [-0.05, 0) is 0 Å².